The lowest BCUT2D eigenvalue weighted by Gasteiger charge is -2.31. The van der Waals surface area contributed by atoms with E-state index in [0.29, 0.717) is 48.9 Å². The third kappa shape index (κ3) is 3.64. The first-order valence-corrected chi connectivity index (χ1v) is 9.76. The minimum Gasteiger partial charge on any atom is -0.361 e. The van der Waals surface area contributed by atoms with Crippen LogP contribution in [0.2, 0.25) is 0 Å². The molecule has 1 saturated heterocycles. The largest absolute Gasteiger partial charge is 0.361 e. The molecule has 0 spiro atoms. The normalized spacial score (nSPS) is 16.6. The molecule has 0 bridgehead atoms. The van der Waals surface area contributed by atoms with Crippen molar-refractivity contribution in [2.24, 2.45) is 0 Å². The predicted octanol–water partition coefficient (Wildman–Crippen LogP) is 1.48. The first-order valence-electron chi connectivity index (χ1n) is 8.32. The molecule has 8 nitrogen and oxygen atoms in total. The highest BCUT2D eigenvalue weighted by Gasteiger charge is 2.27. The Hall–Kier alpha value is -2.23. The van der Waals surface area contributed by atoms with Gasteiger partial charge in [0.15, 0.2) is 0 Å². The van der Waals surface area contributed by atoms with E-state index in [0.717, 1.165) is 0 Å². The van der Waals surface area contributed by atoms with Gasteiger partial charge >= 0.3 is 0 Å². The molecular formula is C17H22N4O4S. The molecule has 0 aliphatic carbocycles. The number of aryl methyl sites for hydroxylation is 2. The number of nitrogens with one attached hydrogen (secondary N) is 1. The first-order chi connectivity index (χ1) is 12.3. The van der Waals surface area contributed by atoms with Gasteiger partial charge in [-0.2, -0.15) is 4.31 Å². The van der Waals surface area contributed by atoms with Gasteiger partial charge < -0.3 is 14.7 Å². The summed E-state index contributed by atoms with van der Waals surface area (Å²) in [5, 5.41) is 6.49. The van der Waals surface area contributed by atoms with Crippen LogP contribution in [0.1, 0.15) is 21.8 Å². The van der Waals surface area contributed by atoms with Crippen LogP contribution >= 0.6 is 0 Å². The minimum atomic E-state index is -3.52. The molecule has 26 heavy (non-hydrogen) atoms. The summed E-state index contributed by atoms with van der Waals surface area (Å²) in [6.45, 7) is 5.74. The molecule has 0 saturated carbocycles. The van der Waals surface area contributed by atoms with E-state index in [-0.39, 0.29) is 10.8 Å². The number of carbonyl (C=O) groups excluding carboxylic acids is 1. The van der Waals surface area contributed by atoms with Crippen LogP contribution in [0.25, 0.3) is 0 Å². The van der Waals surface area contributed by atoms with Crippen molar-refractivity contribution in [3.63, 3.8) is 0 Å². The Labute approximate surface area is 152 Å². The molecule has 3 rings (SSSR count). The minimum absolute atomic E-state index is 0.220. The highest BCUT2D eigenvalue weighted by atomic mass is 32.2. The summed E-state index contributed by atoms with van der Waals surface area (Å²) in [6.07, 6.45) is 0. The number of hydrogen-bond acceptors (Lipinski definition) is 6. The summed E-state index contributed by atoms with van der Waals surface area (Å²) >= 11 is 0. The molecule has 1 amide bonds. The van der Waals surface area contributed by atoms with E-state index in [1.54, 1.807) is 26.0 Å². The second kappa shape index (κ2) is 7.18. The van der Waals surface area contributed by atoms with Crippen molar-refractivity contribution in [1.29, 1.82) is 0 Å². The number of aromatic nitrogens is 1. The van der Waals surface area contributed by atoms with Gasteiger partial charge in [0.25, 0.3) is 5.91 Å². The average Bonchev–Trinajstić information content (AvgIpc) is 2.94. The Balaban J connectivity index is 1.73. The number of hydrogen-bond donors (Lipinski definition) is 1. The van der Waals surface area contributed by atoms with Crippen molar-refractivity contribution in [2.75, 3.05) is 38.5 Å². The monoisotopic (exact) mass is 378 g/mol. The fraction of sp³-hybridized carbons (Fsp3) is 0.412. The van der Waals surface area contributed by atoms with E-state index in [9.17, 15) is 13.2 Å². The number of nitrogens with zero attached hydrogens (tertiary/aromatic N) is 3. The van der Waals surface area contributed by atoms with Crippen LogP contribution < -0.4 is 5.32 Å². The van der Waals surface area contributed by atoms with Gasteiger partial charge in [-0.05, 0) is 45.2 Å². The lowest BCUT2D eigenvalue weighted by atomic mass is 10.2. The SMILES string of the molecule is Cc1noc(C)c1C(=O)Nc1ccc(S(=O)(=O)N2CCN(C)CC2)cc1. The molecule has 1 aromatic heterocycles. The number of likely N-dealkylation sites (N-methyl/N-ethyl adjacent to an activating group) is 1. The Morgan fingerprint density at radius 2 is 1.73 bits per heavy atom. The summed E-state index contributed by atoms with van der Waals surface area (Å²) in [7, 11) is -1.55. The Morgan fingerprint density at radius 3 is 2.27 bits per heavy atom. The highest BCUT2D eigenvalue weighted by molar-refractivity contribution is 7.89. The summed E-state index contributed by atoms with van der Waals surface area (Å²) in [6, 6.07) is 6.19. The zero-order valence-electron chi connectivity index (χ0n) is 15.0. The maximum atomic E-state index is 12.7. The number of carbonyl (C=O) groups is 1. The zero-order chi connectivity index (χ0) is 18.9. The van der Waals surface area contributed by atoms with Crippen molar-refractivity contribution < 1.29 is 17.7 Å². The number of anilines is 1. The number of rotatable bonds is 4. The van der Waals surface area contributed by atoms with Crippen LogP contribution in [0, 0.1) is 13.8 Å². The Kier molecular flexibility index (Phi) is 5.12. The maximum absolute atomic E-state index is 12.7. The molecule has 1 aliphatic rings. The molecule has 2 heterocycles. The van der Waals surface area contributed by atoms with E-state index in [2.05, 4.69) is 15.4 Å². The van der Waals surface area contributed by atoms with Gasteiger partial charge in [0.05, 0.1) is 10.6 Å². The molecule has 1 N–H and O–H groups in total. The third-order valence-corrected chi connectivity index (χ3v) is 6.39. The van der Waals surface area contributed by atoms with Gasteiger partial charge in [-0.3, -0.25) is 4.79 Å². The second-order valence-electron chi connectivity index (χ2n) is 6.39. The van der Waals surface area contributed by atoms with Crippen LogP contribution in [0.3, 0.4) is 0 Å². The smallest absolute Gasteiger partial charge is 0.261 e. The summed E-state index contributed by atoms with van der Waals surface area (Å²) < 4.78 is 31.9. The van der Waals surface area contributed by atoms with E-state index in [1.165, 1.54) is 16.4 Å². The van der Waals surface area contributed by atoms with Crippen molar-refractivity contribution in [2.45, 2.75) is 18.7 Å². The maximum Gasteiger partial charge on any atom is 0.261 e. The predicted molar refractivity (Wildman–Crippen MR) is 96.6 cm³/mol. The molecule has 2 aromatic rings. The molecule has 0 atom stereocenters. The average molecular weight is 378 g/mol. The van der Waals surface area contributed by atoms with E-state index in [4.69, 9.17) is 4.52 Å². The van der Waals surface area contributed by atoms with Crippen LogP contribution in [0.15, 0.2) is 33.7 Å². The topological polar surface area (TPSA) is 95.8 Å². The van der Waals surface area contributed by atoms with Crippen molar-refractivity contribution in [1.82, 2.24) is 14.4 Å². The van der Waals surface area contributed by atoms with E-state index >= 15 is 0 Å². The lowest BCUT2D eigenvalue weighted by molar-refractivity contribution is 0.102. The van der Waals surface area contributed by atoms with Crippen LogP contribution in [-0.4, -0.2) is 61.9 Å². The van der Waals surface area contributed by atoms with Gasteiger partial charge in [-0.15, -0.1) is 0 Å². The van der Waals surface area contributed by atoms with Crippen molar-refractivity contribution >= 4 is 21.6 Å². The van der Waals surface area contributed by atoms with Gasteiger partial charge in [-0.25, -0.2) is 8.42 Å². The number of benzene rings is 1. The molecular weight excluding hydrogens is 356 g/mol. The number of sulfonamides is 1. The zero-order valence-corrected chi connectivity index (χ0v) is 15.8. The molecule has 0 unspecified atom stereocenters. The summed E-state index contributed by atoms with van der Waals surface area (Å²) in [5.41, 5.74) is 1.40. The van der Waals surface area contributed by atoms with E-state index in [1.807, 2.05) is 7.05 Å². The Morgan fingerprint density at radius 1 is 1.12 bits per heavy atom. The number of piperazine rings is 1. The molecule has 9 heteroatoms. The summed E-state index contributed by atoms with van der Waals surface area (Å²) in [5.74, 6) is 0.102. The molecule has 1 fully saturated rings. The van der Waals surface area contributed by atoms with Crippen molar-refractivity contribution in [3.05, 3.63) is 41.3 Å². The fourth-order valence-electron chi connectivity index (χ4n) is 2.89. The summed E-state index contributed by atoms with van der Waals surface area (Å²) in [4.78, 5) is 14.7. The fourth-order valence-corrected chi connectivity index (χ4v) is 4.31. The van der Waals surface area contributed by atoms with Gasteiger partial charge in [-0.1, -0.05) is 5.16 Å². The van der Waals surface area contributed by atoms with Crippen LogP contribution in [0.4, 0.5) is 5.69 Å². The van der Waals surface area contributed by atoms with Crippen LogP contribution in [-0.2, 0) is 10.0 Å². The van der Waals surface area contributed by atoms with E-state index < -0.39 is 10.0 Å². The third-order valence-electron chi connectivity index (χ3n) is 4.47. The van der Waals surface area contributed by atoms with Gasteiger partial charge in [0.2, 0.25) is 10.0 Å². The van der Waals surface area contributed by atoms with Crippen LogP contribution in [0.5, 0.6) is 0 Å². The standard InChI is InChI=1S/C17H22N4O4S/c1-12-16(13(2)25-19-12)17(22)18-14-4-6-15(7-5-14)26(23,24)21-10-8-20(3)9-11-21/h4-7H,8-11H2,1-3H3,(H,18,22). The Bertz CT molecular complexity index is 878. The lowest BCUT2D eigenvalue weighted by Crippen LogP contribution is -2.46. The molecule has 0 radical (unpaired) electrons. The molecule has 1 aromatic carbocycles. The first kappa shape index (κ1) is 18.6. The molecule has 140 valence electrons. The van der Waals surface area contributed by atoms with Gasteiger partial charge in [0.1, 0.15) is 11.3 Å². The van der Waals surface area contributed by atoms with Crippen molar-refractivity contribution in [3.8, 4) is 0 Å². The number of amides is 1. The second-order valence-corrected chi connectivity index (χ2v) is 8.32. The quantitative estimate of drug-likeness (QED) is 0.866. The molecule has 1 aliphatic heterocycles. The highest BCUT2D eigenvalue weighted by Crippen LogP contribution is 2.21. The van der Waals surface area contributed by atoms with Gasteiger partial charge in [0, 0.05) is 31.9 Å².